The van der Waals surface area contributed by atoms with E-state index in [1.54, 1.807) is 24.3 Å². The van der Waals surface area contributed by atoms with Gasteiger partial charge in [-0.15, -0.1) is 0 Å². The van der Waals surface area contributed by atoms with Crippen molar-refractivity contribution in [3.8, 4) is 0 Å². The Balaban J connectivity index is 1.89. The van der Waals surface area contributed by atoms with Crippen LogP contribution in [0.1, 0.15) is 36.1 Å². The van der Waals surface area contributed by atoms with Crippen molar-refractivity contribution in [1.82, 2.24) is 4.31 Å². The van der Waals surface area contributed by atoms with Crippen molar-refractivity contribution in [3.05, 3.63) is 102 Å². The van der Waals surface area contributed by atoms with Crippen LogP contribution in [-0.2, 0) is 20.2 Å². The maximum Gasteiger partial charge on any atom is 0.267 e. The lowest BCUT2D eigenvalue weighted by Gasteiger charge is -2.55. The first-order valence-electron chi connectivity index (χ1n) is 9.69. The van der Waals surface area contributed by atoms with Crippen LogP contribution in [0.25, 0.3) is 0 Å². The van der Waals surface area contributed by atoms with Gasteiger partial charge in [0.2, 0.25) is 5.91 Å². The second-order valence-corrected chi connectivity index (χ2v) is 9.24. The Morgan fingerprint density at radius 2 is 1.41 bits per heavy atom. The number of nitrogens with zero attached hydrogens (tertiary/aromatic N) is 1. The fraction of sp³-hybridized carbons (Fsp3) is 0.208. The first-order chi connectivity index (χ1) is 13.9. The predicted molar refractivity (Wildman–Crippen MR) is 113 cm³/mol. The summed E-state index contributed by atoms with van der Waals surface area (Å²) in [5, 5.41) is 0. The molecule has 4 rings (SSSR count). The summed E-state index contributed by atoms with van der Waals surface area (Å²) in [5.41, 5.74) is 1.72. The van der Waals surface area contributed by atoms with E-state index in [0.717, 1.165) is 21.0 Å². The Morgan fingerprint density at radius 3 is 1.97 bits per heavy atom. The Labute approximate surface area is 171 Å². The molecule has 3 aromatic rings. The molecule has 148 valence electrons. The zero-order chi connectivity index (χ0) is 20.6. The molecule has 0 N–H and O–H groups in total. The van der Waals surface area contributed by atoms with Crippen molar-refractivity contribution in [2.24, 2.45) is 0 Å². The first-order valence-corrected chi connectivity index (χ1v) is 11.1. The van der Waals surface area contributed by atoms with E-state index >= 15 is 0 Å². The van der Waals surface area contributed by atoms with Crippen molar-refractivity contribution in [2.45, 2.75) is 36.6 Å². The monoisotopic (exact) mass is 405 g/mol. The number of β-lactam (4-membered cyclic amide) rings is 1. The van der Waals surface area contributed by atoms with Gasteiger partial charge in [-0.3, -0.25) is 4.79 Å². The molecule has 0 radical (unpaired) electrons. The van der Waals surface area contributed by atoms with E-state index in [0.29, 0.717) is 6.42 Å². The molecule has 1 saturated heterocycles. The van der Waals surface area contributed by atoms with Gasteiger partial charge in [0.1, 0.15) is 5.41 Å². The van der Waals surface area contributed by atoms with E-state index in [-0.39, 0.29) is 10.8 Å². The minimum absolute atomic E-state index is 0.134. The predicted octanol–water partition coefficient (Wildman–Crippen LogP) is 4.62. The molecular weight excluding hydrogens is 382 g/mol. The minimum atomic E-state index is -3.97. The van der Waals surface area contributed by atoms with Gasteiger partial charge in [-0.1, -0.05) is 85.3 Å². The summed E-state index contributed by atoms with van der Waals surface area (Å²) in [6.45, 7) is 3.84. The van der Waals surface area contributed by atoms with Gasteiger partial charge in [-0.25, -0.2) is 12.7 Å². The molecule has 2 atom stereocenters. The first kappa shape index (κ1) is 19.4. The Kier molecular flexibility index (Phi) is 4.79. The van der Waals surface area contributed by atoms with Crippen LogP contribution < -0.4 is 0 Å². The minimum Gasteiger partial charge on any atom is -0.273 e. The summed E-state index contributed by atoms with van der Waals surface area (Å²) in [6, 6.07) is 25.0. The van der Waals surface area contributed by atoms with Gasteiger partial charge in [0.05, 0.1) is 10.9 Å². The van der Waals surface area contributed by atoms with Crippen LogP contribution in [0.15, 0.2) is 89.8 Å². The zero-order valence-electron chi connectivity index (χ0n) is 16.4. The molecule has 5 heteroatoms. The standard InChI is InChI=1S/C24H23NO3S/c1-3-24(20-12-8-5-9-13-20)22(19-10-6-4-7-11-19)25(23(24)26)29(27,28)21-16-14-18(2)15-17-21/h4-17,22H,3H2,1-2H3/t22-,24+/m1/s1. The quantitative estimate of drug-likeness (QED) is 0.582. The highest BCUT2D eigenvalue weighted by atomic mass is 32.2. The highest BCUT2D eigenvalue weighted by molar-refractivity contribution is 7.89. The topological polar surface area (TPSA) is 54.5 Å². The van der Waals surface area contributed by atoms with Gasteiger partial charge in [-0.05, 0) is 36.6 Å². The third-order valence-electron chi connectivity index (χ3n) is 5.82. The third kappa shape index (κ3) is 2.88. The molecule has 1 aliphatic heterocycles. The van der Waals surface area contributed by atoms with Crippen LogP contribution in [0.5, 0.6) is 0 Å². The average Bonchev–Trinajstić information content (AvgIpc) is 2.74. The fourth-order valence-corrected chi connectivity index (χ4v) is 5.93. The van der Waals surface area contributed by atoms with Crippen LogP contribution >= 0.6 is 0 Å². The average molecular weight is 406 g/mol. The summed E-state index contributed by atoms with van der Waals surface area (Å²) in [4.78, 5) is 13.7. The molecule has 0 aromatic heterocycles. The number of aryl methyl sites for hydroxylation is 1. The van der Waals surface area contributed by atoms with E-state index in [1.165, 1.54) is 0 Å². The summed E-state index contributed by atoms with van der Waals surface area (Å²) >= 11 is 0. The molecule has 0 unspecified atom stereocenters. The number of sulfonamides is 1. The maximum atomic E-state index is 13.5. The van der Waals surface area contributed by atoms with Crippen molar-refractivity contribution < 1.29 is 13.2 Å². The summed E-state index contributed by atoms with van der Waals surface area (Å²) in [7, 11) is -3.97. The van der Waals surface area contributed by atoms with E-state index in [1.807, 2.05) is 74.5 Å². The SMILES string of the molecule is CC[C@@]1(c2ccccc2)C(=O)N(S(=O)(=O)c2ccc(C)cc2)[C@@H]1c1ccccc1. The lowest BCUT2D eigenvalue weighted by molar-refractivity contribution is -0.151. The fourth-order valence-electron chi connectivity index (χ4n) is 4.26. The van der Waals surface area contributed by atoms with Crippen LogP contribution in [0.4, 0.5) is 0 Å². The van der Waals surface area contributed by atoms with E-state index < -0.39 is 21.5 Å². The third-order valence-corrected chi connectivity index (χ3v) is 7.59. The largest absolute Gasteiger partial charge is 0.273 e. The highest BCUT2D eigenvalue weighted by Gasteiger charge is 2.65. The van der Waals surface area contributed by atoms with Crippen molar-refractivity contribution in [2.75, 3.05) is 0 Å². The molecule has 1 fully saturated rings. The van der Waals surface area contributed by atoms with Crippen LogP contribution in [0, 0.1) is 6.92 Å². The second-order valence-electron chi connectivity index (χ2n) is 7.42. The lowest BCUT2D eigenvalue weighted by Crippen LogP contribution is -2.67. The maximum absolute atomic E-state index is 13.5. The number of hydrogen-bond acceptors (Lipinski definition) is 3. The Morgan fingerprint density at radius 1 is 0.862 bits per heavy atom. The van der Waals surface area contributed by atoms with Gasteiger partial charge < -0.3 is 0 Å². The van der Waals surface area contributed by atoms with Gasteiger partial charge in [-0.2, -0.15) is 0 Å². The number of benzene rings is 3. The molecule has 0 saturated carbocycles. The van der Waals surface area contributed by atoms with Gasteiger partial charge >= 0.3 is 0 Å². The molecule has 0 aliphatic carbocycles. The molecule has 1 amide bonds. The van der Waals surface area contributed by atoms with Crippen LogP contribution in [0.3, 0.4) is 0 Å². The van der Waals surface area contributed by atoms with Crippen molar-refractivity contribution >= 4 is 15.9 Å². The van der Waals surface area contributed by atoms with Crippen LogP contribution in [-0.4, -0.2) is 18.6 Å². The molecule has 29 heavy (non-hydrogen) atoms. The lowest BCUT2D eigenvalue weighted by atomic mass is 9.63. The zero-order valence-corrected chi connectivity index (χ0v) is 17.3. The van der Waals surface area contributed by atoms with Gasteiger partial charge in [0.15, 0.2) is 0 Å². The summed E-state index contributed by atoms with van der Waals surface area (Å²) in [5.74, 6) is -0.374. The van der Waals surface area contributed by atoms with E-state index in [4.69, 9.17) is 0 Å². The number of rotatable bonds is 5. The second kappa shape index (κ2) is 7.16. The summed E-state index contributed by atoms with van der Waals surface area (Å²) in [6.07, 6.45) is 0.509. The van der Waals surface area contributed by atoms with Crippen LogP contribution in [0.2, 0.25) is 0 Å². The highest BCUT2D eigenvalue weighted by Crippen LogP contribution is 2.55. The molecular formula is C24H23NO3S. The molecule has 1 aliphatic rings. The number of carbonyl (C=O) groups excluding carboxylic acids is 1. The molecule has 1 heterocycles. The molecule has 3 aromatic carbocycles. The van der Waals surface area contributed by atoms with E-state index in [9.17, 15) is 13.2 Å². The van der Waals surface area contributed by atoms with Crippen molar-refractivity contribution in [1.29, 1.82) is 0 Å². The number of amides is 1. The molecule has 4 nitrogen and oxygen atoms in total. The number of hydrogen-bond donors (Lipinski definition) is 0. The number of carbonyl (C=O) groups is 1. The smallest absolute Gasteiger partial charge is 0.267 e. The molecule has 0 spiro atoms. The normalized spacial score (nSPS) is 21.7. The van der Waals surface area contributed by atoms with Gasteiger partial charge in [0, 0.05) is 0 Å². The van der Waals surface area contributed by atoms with E-state index in [2.05, 4.69) is 0 Å². The molecule has 0 bridgehead atoms. The summed E-state index contributed by atoms with van der Waals surface area (Å²) < 4.78 is 28.0. The van der Waals surface area contributed by atoms with Gasteiger partial charge in [0.25, 0.3) is 10.0 Å². The Bertz CT molecular complexity index is 1130. The van der Waals surface area contributed by atoms with Crippen molar-refractivity contribution in [3.63, 3.8) is 0 Å². The Hall–Kier alpha value is -2.92.